The Morgan fingerprint density at radius 2 is 1.64 bits per heavy atom. The van der Waals surface area contributed by atoms with Gasteiger partial charge in [0.25, 0.3) is 11.8 Å². The molecule has 0 saturated carbocycles. The van der Waals surface area contributed by atoms with Crippen LogP contribution in [0.4, 0.5) is 16.2 Å². The minimum absolute atomic E-state index is 0.287. The Morgan fingerprint density at radius 1 is 0.909 bits per heavy atom. The highest BCUT2D eigenvalue weighted by Crippen LogP contribution is 2.33. The Morgan fingerprint density at radius 3 is 2.42 bits per heavy atom. The van der Waals surface area contributed by atoms with Gasteiger partial charge in [-0.05, 0) is 48.9 Å². The number of rotatable bonds is 8. The van der Waals surface area contributed by atoms with E-state index in [2.05, 4.69) is 10.6 Å². The summed E-state index contributed by atoms with van der Waals surface area (Å²) in [6.07, 6.45) is 0.565. The molecule has 8 heteroatoms. The molecule has 1 heterocycles. The number of carbonyl (C=O) groups is 3. The largest absolute Gasteiger partial charge is 0.385 e. The average Bonchev–Trinajstić information content (AvgIpc) is 3.05. The second kappa shape index (κ2) is 10.3. The summed E-state index contributed by atoms with van der Waals surface area (Å²) in [6.45, 7) is 0.754. The van der Waals surface area contributed by atoms with Crippen molar-refractivity contribution in [3.63, 3.8) is 0 Å². The van der Waals surface area contributed by atoms with Crippen LogP contribution in [0.25, 0.3) is 0 Å². The number of imide groups is 1. The van der Waals surface area contributed by atoms with Crippen molar-refractivity contribution in [2.24, 2.45) is 0 Å². The van der Waals surface area contributed by atoms with Crippen LogP contribution in [-0.4, -0.2) is 43.0 Å². The minimum atomic E-state index is -0.440. The lowest BCUT2D eigenvalue weighted by Crippen LogP contribution is -2.31. The van der Waals surface area contributed by atoms with Crippen molar-refractivity contribution in [1.29, 1.82) is 0 Å². The lowest BCUT2D eigenvalue weighted by atomic mass is 10.1. The molecule has 4 amide bonds. The van der Waals surface area contributed by atoms with Crippen molar-refractivity contribution in [2.45, 2.75) is 16.2 Å². The number of urea groups is 1. The topological polar surface area (TPSA) is 87.7 Å². The maximum Gasteiger partial charge on any atom is 0.323 e. The zero-order chi connectivity index (χ0) is 23.2. The van der Waals surface area contributed by atoms with Crippen molar-refractivity contribution in [3.05, 3.63) is 83.9 Å². The highest BCUT2D eigenvalue weighted by Gasteiger charge is 2.35. The van der Waals surface area contributed by atoms with E-state index in [4.69, 9.17) is 4.74 Å². The third-order valence-electron chi connectivity index (χ3n) is 5.07. The van der Waals surface area contributed by atoms with E-state index in [1.54, 1.807) is 31.0 Å². The fourth-order valence-electron chi connectivity index (χ4n) is 3.50. The van der Waals surface area contributed by atoms with Gasteiger partial charge in [0.2, 0.25) is 0 Å². The van der Waals surface area contributed by atoms with Gasteiger partial charge in [-0.1, -0.05) is 42.1 Å². The first kappa shape index (κ1) is 22.6. The van der Waals surface area contributed by atoms with Crippen LogP contribution in [0.15, 0.2) is 82.6 Å². The monoisotopic (exact) mass is 461 g/mol. The molecule has 3 aromatic carbocycles. The van der Waals surface area contributed by atoms with Gasteiger partial charge in [-0.25, -0.2) is 4.79 Å². The number of methoxy groups -OCH3 is 1. The number of carbonyl (C=O) groups excluding carboxylic acids is 3. The molecule has 4 rings (SSSR count). The van der Waals surface area contributed by atoms with Gasteiger partial charge in [0, 0.05) is 35.7 Å². The second-order valence-corrected chi connectivity index (χ2v) is 8.47. The van der Waals surface area contributed by atoms with Gasteiger partial charge in [0.1, 0.15) is 0 Å². The summed E-state index contributed by atoms with van der Waals surface area (Å²) in [5.41, 5.74) is 1.73. The number of para-hydroxylation sites is 1. The molecule has 0 aromatic heterocycles. The number of fused-ring (bicyclic) bond motifs is 1. The first-order chi connectivity index (χ1) is 16.1. The highest BCUT2D eigenvalue weighted by molar-refractivity contribution is 7.99. The van der Waals surface area contributed by atoms with E-state index in [1.807, 2.05) is 54.6 Å². The van der Waals surface area contributed by atoms with E-state index in [9.17, 15) is 14.4 Å². The predicted molar refractivity (Wildman–Crippen MR) is 128 cm³/mol. The van der Waals surface area contributed by atoms with E-state index >= 15 is 0 Å². The molecular weight excluding hydrogens is 438 g/mol. The summed E-state index contributed by atoms with van der Waals surface area (Å²) in [4.78, 5) is 41.0. The molecule has 0 radical (unpaired) electrons. The van der Waals surface area contributed by atoms with Gasteiger partial charge in [-0.3, -0.25) is 14.5 Å². The summed E-state index contributed by atoms with van der Waals surface area (Å²) >= 11 is 1.55. The molecule has 0 spiro atoms. The fraction of sp³-hybridized carbons (Fsp3) is 0.160. The maximum absolute atomic E-state index is 12.7. The van der Waals surface area contributed by atoms with E-state index in [0.717, 1.165) is 9.79 Å². The van der Waals surface area contributed by atoms with Gasteiger partial charge in [0.15, 0.2) is 0 Å². The molecule has 3 aromatic rings. The van der Waals surface area contributed by atoms with Crippen LogP contribution in [-0.2, 0) is 4.74 Å². The number of benzene rings is 3. The van der Waals surface area contributed by atoms with Crippen LogP contribution in [0.3, 0.4) is 0 Å². The van der Waals surface area contributed by atoms with Crippen LogP contribution in [0.1, 0.15) is 27.1 Å². The van der Waals surface area contributed by atoms with Gasteiger partial charge in [-0.2, -0.15) is 0 Å². The van der Waals surface area contributed by atoms with Crippen molar-refractivity contribution in [3.8, 4) is 0 Å². The third kappa shape index (κ3) is 5.24. The molecule has 0 bridgehead atoms. The molecule has 7 nitrogen and oxygen atoms in total. The smallest absolute Gasteiger partial charge is 0.323 e. The summed E-state index contributed by atoms with van der Waals surface area (Å²) in [7, 11) is 1.57. The van der Waals surface area contributed by atoms with Crippen LogP contribution < -0.4 is 10.6 Å². The molecule has 0 fully saturated rings. The Balaban J connectivity index is 1.44. The number of hydrogen-bond acceptors (Lipinski definition) is 5. The summed E-state index contributed by atoms with van der Waals surface area (Å²) in [5, 5.41) is 5.62. The zero-order valence-electron chi connectivity index (χ0n) is 18.0. The molecule has 0 unspecified atom stereocenters. The van der Waals surface area contributed by atoms with E-state index in [-0.39, 0.29) is 17.4 Å². The van der Waals surface area contributed by atoms with Crippen LogP contribution in [0.5, 0.6) is 0 Å². The quantitative estimate of drug-likeness (QED) is 0.359. The molecule has 0 atom stereocenters. The molecule has 0 saturated heterocycles. The summed E-state index contributed by atoms with van der Waals surface area (Å²) in [5.74, 6) is -0.686. The number of nitrogens with zero attached hydrogens (tertiary/aromatic N) is 1. The third-order valence-corrected chi connectivity index (χ3v) is 6.15. The molecule has 1 aliphatic heterocycles. The standard InChI is InChI=1S/C25H23N3O4S/c1-32-15-7-14-28-23(29)19-13-12-17(16-20(19)24(28)30)26-25(31)27-21-10-5-6-11-22(21)33-18-8-3-2-4-9-18/h2-6,8-13,16H,7,14-15H2,1H3,(H2,26,27,31). The lowest BCUT2D eigenvalue weighted by Gasteiger charge is -2.13. The van der Waals surface area contributed by atoms with Gasteiger partial charge >= 0.3 is 6.03 Å². The SMILES string of the molecule is COCCCN1C(=O)c2ccc(NC(=O)Nc3ccccc3Sc3ccccc3)cc2C1=O. The number of anilines is 2. The Labute approximate surface area is 196 Å². The van der Waals surface area contributed by atoms with Gasteiger partial charge in [0.05, 0.1) is 16.8 Å². The van der Waals surface area contributed by atoms with Crippen molar-refractivity contribution < 1.29 is 19.1 Å². The normalized spacial score (nSPS) is 12.6. The van der Waals surface area contributed by atoms with Gasteiger partial charge in [-0.15, -0.1) is 0 Å². The summed E-state index contributed by atoms with van der Waals surface area (Å²) < 4.78 is 5.00. The first-order valence-electron chi connectivity index (χ1n) is 10.5. The molecule has 1 aliphatic rings. The first-order valence-corrected chi connectivity index (χ1v) is 11.3. The van der Waals surface area contributed by atoms with Crippen molar-refractivity contribution in [2.75, 3.05) is 30.9 Å². The number of amides is 4. The van der Waals surface area contributed by atoms with Crippen LogP contribution >= 0.6 is 11.8 Å². The Hall–Kier alpha value is -3.62. The fourth-order valence-corrected chi connectivity index (χ4v) is 4.42. The number of ether oxygens (including phenoxy) is 1. The number of nitrogens with one attached hydrogen (secondary N) is 2. The summed E-state index contributed by atoms with van der Waals surface area (Å²) in [6, 6.07) is 21.7. The van der Waals surface area contributed by atoms with E-state index in [1.165, 1.54) is 11.0 Å². The molecule has 0 aliphatic carbocycles. The minimum Gasteiger partial charge on any atom is -0.385 e. The van der Waals surface area contributed by atoms with Gasteiger partial charge < -0.3 is 15.4 Å². The maximum atomic E-state index is 12.7. The molecule has 168 valence electrons. The van der Waals surface area contributed by atoms with E-state index in [0.29, 0.717) is 36.5 Å². The Bertz CT molecular complexity index is 1180. The Kier molecular flexibility index (Phi) is 7.07. The predicted octanol–water partition coefficient (Wildman–Crippen LogP) is 5.11. The molecule has 33 heavy (non-hydrogen) atoms. The van der Waals surface area contributed by atoms with Crippen LogP contribution in [0.2, 0.25) is 0 Å². The lowest BCUT2D eigenvalue weighted by molar-refractivity contribution is 0.0638. The average molecular weight is 462 g/mol. The van der Waals surface area contributed by atoms with Crippen LogP contribution in [0, 0.1) is 0 Å². The zero-order valence-corrected chi connectivity index (χ0v) is 18.9. The van der Waals surface area contributed by atoms with Crippen molar-refractivity contribution >= 4 is 41.0 Å². The second-order valence-electron chi connectivity index (χ2n) is 7.36. The van der Waals surface area contributed by atoms with E-state index < -0.39 is 6.03 Å². The highest BCUT2D eigenvalue weighted by atomic mass is 32.2. The molecule has 2 N–H and O–H groups in total. The number of hydrogen-bond donors (Lipinski definition) is 2. The van der Waals surface area contributed by atoms with Crippen molar-refractivity contribution in [1.82, 2.24) is 4.90 Å². The molecular formula is C25H23N3O4S.